The minimum Gasteiger partial charge on any atom is -0.299 e. The molecule has 0 amide bonds. The van der Waals surface area contributed by atoms with E-state index in [0.717, 1.165) is 31.5 Å². The fourth-order valence-corrected chi connectivity index (χ4v) is 3.34. The minimum absolute atomic E-state index is 0.0713. The molecule has 134 valence electrons. The number of thioether (sulfide) groups is 1. The lowest BCUT2D eigenvalue weighted by molar-refractivity contribution is -0.0328. The largest absolute Gasteiger partial charge is 0.446 e. The van der Waals surface area contributed by atoms with E-state index in [2.05, 4.69) is 17.9 Å². The third kappa shape index (κ3) is 7.14. The average molecular weight is 358 g/mol. The summed E-state index contributed by atoms with van der Waals surface area (Å²) >= 11 is -0.0713. The SMILES string of the molecule is CC.CC1(CC#N)CCN(Cc2cccc(SC(F)(F)F)c2)CC1. The quantitative estimate of drug-likeness (QED) is 0.633. The van der Waals surface area contributed by atoms with Crippen LogP contribution in [-0.2, 0) is 6.54 Å². The zero-order chi connectivity index (χ0) is 18.2. The Balaban J connectivity index is 0.00000139. The maximum atomic E-state index is 12.4. The molecule has 24 heavy (non-hydrogen) atoms. The van der Waals surface area contributed by atoms with E-state index in [1.807, 2.05) is 19.9 Å². The number of hydrogen-bond acceptors (Lipinski definition) is 3. The first-order valence-electron chi connectivity index (χ1n) is 8.24. The number of likely N-dealkylation sites (tertiary alicyclic amines) is 1. The number of alkyl halides is 3. The number of hydrogen-bond donors (Lipinski definition) is 0. The topological polar surface area (TPSA) is 27.0 Å². The molecule has 0 aromatic heterocycles. The molecule has 1 aliphatic heterocycles. The molecule has 1 fully saturated rings. The van der Waals surface area contributed by atoms with E-state index in [1.165, 1.54) is 6.07 Å². The van der Waals surface area contributed by atoms with Crippen LogP contribution in [0.4, 0.5) is 13.2 Å². The number of halogens is 3. The molecule has 1 aromatic carbocycles. The lowest BCUT2D eigenvalue weighted by atomic mass is 9.78. The summed E-state index contributed by atoms with van der Waals surface area (Å²) in [6, 6.07) is 8.88. The first-order chi connectivity index (χ1) is 11.3. The highest BCUT2D eigenvalue weighted by Crippen LogP contribution is 2.37. The van der Waals surface area contributed by atoms with Crippen LogP contribution in [0.5, 0.6) is 0 Å². The molecule has 6 heteroatoms. The summed E-state index contributed by atoms with van der Waals surface area (Å²) in [6.45, 7) is 8.56. The van der Waals surface area contributed by atoms with Crippen LogP contribution < -0.4 is 0 Å². The van der Waals surface area contributed by atoms with Crippen molar-refractivity contribution in [1.82, 2.24) is 4.90 Å². The molecule has 0 spiro atoms. The van der Waals surface area contributed by atoms with Gasteiger partial charge in [0.2, 0.25) is 0 Å². The number of piperidine rings is 1. The van der Waals surface area contributed by atoms with Gasteiger partial charge < -0.3 is 0 Å². The summed E-state index contributed by atoms with van der Waals surface area (Å²) in [7, 11) is 0. The van der Waals surface area contributed by atoms with Crippen molar-refractivity contribution in [3.63, 3.8) is 0 Å². The van der Waals surface area contributed by atoms with Crippen molar-refractivity contribution in [2.75, 3.05) is 13.1 Å². The summed E-state index contributed by atoms with van der Waals surface area (Å²) in [5, 5.41) is 8.85. The molecule has 1 saturated heterocycles. The van der Waals surface area contributed by atoms with Crippen molar-refractivity contribution in [2.45, 2.75) is 57.0 Å². The molecule has 0 N–H and O–H groups in total. The normalized spacial score (nSPS) is 17.5. The molecule has 0 saturated carbocycles. The summed E-state index contributed by atoms with van der Waals surface area (Å²) in [5.74, 6) is 0. The van der Waals surface area contributed by atoms with Crippen LogP contribution in [0.3, 0.4) is 0 Å². The van der Waals surface area contributed by atoms with Gasteiger partial charge >= 0.3 is 5.51 Å². The second kappa shape index (κ2) is 9.33. The summed E-state index contributed by atoms with van der Waals surface area (Å²) < 4.78 is 37.2. The molecule has 0 unspecified atom stereocenters. The Hall–Kier alpha value is -1.19. The molecule has 1 heterocycles. The van der Waals surface area contributed by atoms with Crippen LogP contribution in [0.1, 0.15) is 45.6 Å². The van der Waals surface area contributed by atoms with Gasteiger partial charge in [-0.3, -0.25) is 4.90 Å². The van der Waals surface area contributed by atoms with E-state index in [-0.39, 0.29) is 22.1 Å². The molecular formula is C18H25F3N2S. The Labute approximate surface area is 147 Å². The Morgan fingerprint density at radius 3 is 2.42 bits per heavy atom. The first kappa shape index (κ1) is 20.9. The van der Waals surface area contributed by atoms with Crippen molar-refractivity contribution >= 4 is 11.8 Å². The van der Waals surface area contributed by atoms with E-state index in [9.17, 15) is 13.2 Å². The van der Waals surface area contributed by atoms with Crippen molar-refractivity contribution in [1.29, 1.82) is 5.26 Å². The second-order valence-electron chi connectivity index (χ2n) is 6.12. The predicted octanol–water partition coefficient (Wildman–Crippen LogP) is 5.84. The van der Waals surface area contributed by atoms with Gasteiger partial charge in [-0.1, -0.05) is 32.9 Å². The van der Waals surface area contributed by atoms with Gasteiger partial charge in [-0.25, -0.2) is 0 Å². The number of nitrogens with zero attached hydrogens (tertiary/aromatic N) is 2. The Morgan fingerprint density at radius 1 is 1.25 bits per heavy atom. The third-order valence-corrected chi connectivity index (χ3v) is 4.83. The maximum absolute atomic E-state index is 12.4. The van der Waals surface area contributed by atoms with Gasteiger partial charge in [-0.2, -0.15) is 18.4 Å². The monoisotopic (exact) mass is 358 g/mol. The molecule has 0 atom stereocenters. The van der Waals surface area contributed by atoms with Crippen molar-refractivity contribution in [3.05, 3.63) is 29.8 Å². The molecule has 0 radical (unpaired) electrons. The lowest BCUT2D eigenvalue weighted by Crippen LogP contribution is -2.38. The second-order valence-corrected chi connectivity index (χ2v) is 7.26. The van der Waals surface area contributed by atoms with E-state index in [4.69, 9.17) is 5.26 Å². The van der Waals surface area contributed by atoms with Crippen molar-refractivity contribution in [2.24, 2.45) is 5.41 Å². The Bertz CT molecular complexity index is 544. The van der Waals surface area contributed by atoms with Gasteiger partial charge in [0.25, 0.3) is 0 Å². The van der Waals surface area contributed by atoms with Crippen LogP contribution in [0.25, 0.3) is 0 Å². The summed E-state index contributed by atoms with van der Waals surface area (Å²) in [5.41, 5.74) is -3.26. The molecule has 2 rings (SSSR count). The van der Waals surface area contributed by atoms with Crippen molar-refractivity contribution < 1.29 is 13.2 Å². The highest BCUT2D eigenvalue weighted by Gasteiger charge is 2.30. The van der Waals surface area contributed by atoms with Gasteiger partial charge in [-0.15, -0.1) is 0 Å². The Morgan fingerprint density at radius 2 is 1.88 bits per heavy atom. The van der Waals surface area contributed by atoms with E-state index < -0.39 is 5.51 Å². The lowest BCUT2D eigenvalue weighted by Gasteiger charge is -2.38. The minimum atomic E-state index is -4.25. The van der Waals surface area contributed by atoms with Gasteiger partial charge in [0.1, 0.15) is 0 Å². The fraction of sp³-hybridized carbons (Fsp3) is 0.611. The van der Waals surface area contributed by atoms with Crippen LogP contribution in [-0.4, -0.2) is 23.5 Å². The van der Waals surface area contributed by atoms with Crippen LogP contribution in [0.15, 0.2) is 29.2 Å². The molecule has 2 nitrogen and oxygen atoms in total. The highest BCUT2D eigenvalue weighted by molar-refractivity contribution is 8.00. The maximum Gasteiger partial charge on any atom is 0.446 e. The van der Waals surface area contributed by atoms with Gasteiger partial charge in [-0.05, 0) is 60.8 Å². The summed E-state index contributed by atoms with van der Waals surface area (Å²) in [4.78, 5) is 2.48. The average Bonchev–Trinajstić information content (AvgIpc) is 2.51. The summed E-state index contributed by atoms with van der Waals surface area (Å²) in [6.07, 6.45) is 2.48. The molecule has 1 aromatic rings. The first-order valence-corrected chi connectivity index (χ1v) is 9.05. The standard InChI is InChI=1S/C16H19F3N2S.C2H6/c1-15(5-8-20)6-9-21(10-7-15)12-13-3-2-4-14(11-13)22-16(17,18)19;1-2/h2-4,11H,5-7,9-10,12H2,1H3;1-2H3. The number of nitriles is 1. The molecule has 1 aliphatic rings. The zero-order valence-electron chi connectivity index (χ0n) is 14.5. The van der Waals surface area contributed by atoms with E-state index in [1.54, 1.807) is 12.1 Å². The molecule has 0 bridgehead atoms. The van der Waals surface area contributed by atoms with E-state index >= 15 is 0 Å². The van der Waals surface area contributed by atoms with Crippen LogP contribution >= 0.6 is 11.8 Å². The number of rotatable bonds is 4. The van der Waals surface area contributed by atoms with Gasteiger partial charge in [0.05, 0.1) is 6.07 Å². The van der Waals surface area contributed by atoms with Gasteiger partial charge in [0, 0.05) is 17.9 Å². The highest BCUT2D eigenvalue weighted by atomic mass is 32.2. The zero-order valence-corrected chi connectivity index (χ0v) is 15.3. The Kier molecular flexibility index (Phi) is 8.11. The predicted molar refractivity (Wildman–Crippen MR) is 92.6 cm³/mol. The number of benzene rings is 1. The fourth-order valence-electron chi connectivity index (χ4n) is 2.72. The van der Waals surface area contributed by atoms with Crippen molar-refractivity contribution in [3.8, 4) is 6.07 Å². The third-order valence-electron chi connectivity index (χ3n) is 4.11. The van der Waals surface area contributed by atoms with Gasteiger partial charge in [0.15, 0.2) is 0 Å². The van der Waals surface area contributed by atoms with Crippen LogP contribution in [0, 0.1) is 16.7 Å². The molecular weight excluding hydrogens is 333 g/mol. The van der Waals surface area contributed by atoms with E-state index in [0.29, 0.717) is 13.0 Å². The smallest absolute Gasteiger partial charge is 0.299 e. The van der Waals surface area contributed by atoms with Crippen LogP contribution in [0.2, 0.25) is 0 Å². The molecule has 0 aliphatic carbocycles.